The monoisotopic (exact) mass is 411 g/mol. The van der Waals surface area contributed by atoms with Crippen molar-refractivity contribution in [1.29, 1.82) is 0 Å². The molecule has 4 atom stereocenters. The smallest absolute Gasteiger partial charge is 0.230 e. The Morgan fingerprint density at radius 2 is 2.07 bits per heavy atom. The van der Waals surface area contributed by atoms with E-state index in [0.717, 1.165) is 44.0 Å². The highest BCUT2D eigenvalue weighted by Crippen LogP contribution is 2.52. The Morgan fingerprint density at radius 1 is 1.27 bits per heavy atom. The molecule has 4 heterocycles. The lowest BCUT2D eigenvalue weighted by Crippen LogP contribution is -2.53. The van der Waals surface area contributed by atoms with E-state index in [1.54, 1.807) is 7.11 Å². The van der Waals surface area contributed by atoms with Crippen LogP contribution in [0.1, 0.15) is 12.5 Å². The topological polar surface area (TPSA) is 62.3 Å². The molecule has 0 radical (unpaired) electrons. The molecule has 1 spiro atoms. The largest absolute Gasteiger partial charge is 0.497 e. The molecule has 2 amide bonds. The number of hydrogen-bond acceptors (Lipinski definition) is 5. The molecule has 2 unspecified atom stereocenters. The maximum Gasteiger partial charge on any atom is 0.230 e. The van der Waals surface area contributed by atoms with Gasteiger partial charge in [0.05, 0.1) is 31.6 Å². The summed E-state index contributed by atoms with van der Waals surface area (Å²) in [5.74, 6) is 0.0356. The Hall–Kier alpha value is -2.38. The number of carbonyl (C=O) groups excluding carboxylic acids is 2. The predicted octanol–water partition coefficient (Wildman–Crippen LogP) is 1.14. The number of nitrogens with zero attached hydrogens (tertiary/aromatic N) is 3. The van der Waals surface area contributed by atoms with Crippen molar-refractivity contribution in [2.24, 2.45) is 11.8 Å². The molecule has 0 aromatic heterocycles. The first-order valence-corrected chi connectivity index (χ1v) is 10.8. The highest BCUT2D eigenvalue weighted by Gasteiger charge is 2.67. The van der Waals surface area contributed by atoms with Gasteiger partial charge in [-0.25, -0.2) is 0 Å². The van der Waals surface area contributed by atoms with Gasteiger partial charge in [0.25, 0.3) is 0 Å². The third-order valence-corrected chi connectivity index (χ3v) is 7.10. The van der Waals surface area contributed by atoms with Gasteiger partial charge in [-0.05, 0) is 24.2 Å². The zero-order chi connectivity index (χ0) is 20.9. The summed E-state index contributed by atoms with van der Waals surface area (Å²) in [4.78, 5) is 33.0. The molecule has 0 saturated carbocycles. The fourth-order valence-electron chi connectivity index (χ4n) is 5.48. The first-order chi connectivity index (χ1) is 14.5. The van der Waals surface area contributed by atoms with E-state index in [-0.39, 0.29) is 17.9 Å². The number of hydrogen-bond donors (Lipinski definition) is 0. The van der Waals surface area contributed by atoms with Crippen molar-refractivity contribution in [1.82, 2.24) is 14.7 Å². The van der Waals surface area contributed by atoms with Crippen LogP contribution in [0.25, 0.3) is 0 Å². The van der Waals surface area contributed by atoms with Crippen LogP contribution < -0.4 is 4.74 Å². The van der Waals surface area contributed by atoms with Crippen molar-refractivity contribution < 1.29 is 19.1 Å². The van der Waals surface area contributed by atoms with Crippen LogP contribution in [0.2, 0.25) is 0 Å². The van der Waals surface area contributed by atoms with Crippen LogP contribution in [-0.2, 0) is 20.9 Å². The fourth-order valence-corrected chi connectivity index (χ4v) is 5.48. The van der Waals surface area contributed by atoms with Gasteiger partial charge in [0, 0.05) is 32.7 Å². The van der Waals surface area contributed by atoms with E-state index >= 15 is 0 Å². The molecule has 4 aliphatic rings. The van der Waals surface area contributed by atoms with Crippen LogP contribution in [0.4, 0.5) is 0 Å². The Morgan fingerprint density at radius 3 is 2.80 bits per heavy atom. The Labute approximate surface area is 177 Å². The molecule has 160 valence electrons. The lowest BCUT2D eigenvalue weighted by molar-refractivity contribution is -0.144. The van der Waals surface area contributed by atoms with E-state index in [0.29, 0.717) is 13.1 Å². The molecule has 1 aromatic carbocycles. The zero-order valence-corrected chi connectivity index (χ0v) is 17.6. The normalized spacial score (nSPS) is 32.7. The van der Waals surface area contributed by atoms with E-state index in [4.69, 9.17) is 9.47 Å². The molecule has 3 saturated heterocycles. The van der Waals surface area contributed by atoms with Gasteiger partial charge in [0.1, 0.15) is 11.4 Å². The van der Waals surface area contributed by atoms with Gasteiger partial charge in [0.15, 0.2) is 0 Å². The number of fused-ring (bicyclic) bond motifs is 1. The van der Waals surface area contributed by atoms with Crippen molar-refractivity contribution in [3.8, 4) is 5.75 Å². The minimum atomic E-state index is -0.661. The molecule has 0 N–H and O–H groups in total. The average Bonchev–Trinajstić information content (AvgIpc) is 3.42. The second-order valence-corrected chi connectivity index (χ2v) is 8.71. The summed E-state index contributed by atoms with van der Waals surface area (Å²) in [6.07, 6.45) is 3.73. The molecule has 2 bridgehead atoms. The van der Waals surface area contributed by atoms with Crippen molar-refractivity contribution >= 4 is 11.8 Å². The maximum absolute atomic E-state index is 13.4. The molecule has 7 nitrogen and oxygen atoms in total. The molecule has 4 aliphatic heterocycles. The molecule has 7 heteroatoms. The SMILES string of the molecule is CCN1CCN(C(=O)C2C3C(=O)N(Cc4cccc(OC)c4)C[C@@]34C=C[C@@H]2O4)CC1. The summed E-state index contributed by atoms with van der Waals surface area (Å²) < 4.78 is 11.6. The number of benzene rings is 1. The number of piperazine rings is 1. The van der Waals surface area contributed by atoms with Gasteiger partial charge in [-0.3, -0.25) is 9.59 Å². The van der Waals surface area contributed by atoms with Crippen LogP contribution in [0, 0.1) is 11.8 Å². The van der Waals surface area contributed by atoms with Gasteiger partial charge >= 0.3 is 0 Å². The van der Waals surface area contributed by atoms with Crippen LogP contribution in [0.15, 0.2) is 36.4 Å². The number of likely N-dealkylation sites (N-methyl/N-ethyl adjacent to an activating group) is 1. The molecule has 0 aliphatic carbocycles. The zero-order valence-electron chi connectivity index (χ0n) is 17.6. The number of rotatable bonds is 5. The standard InChI is InChI=1S/C23H29N3O4/c1-3-24-9-11-25(12-10-24)21(27)19-18-7-8-23(30-18)15-26(22(28)20(19)23)14-16-5-4-6-17(13-16)29-2/h4-8,13,18-20H,3,9-12,14-15H2,1-2H3/t18-,19?,20?,23-/m0/s1. The third kappa shape index (κ3) is 3.03. The number of ether oxygens (including phenoxy) is 2. The summed E-state index contributed by atoms with van der Waals surface area (Å²) in [6, 6.07) is 7.76. The number of amides is 2. The second-order valence-electron chi connectivity index (χ2n) is 8.71. The average molecular weight is 412 g/mol. The first kappa shape index (κ1) is 19.6. The summed E-state index contributed by atoms with van der Waals surface area (Å²) in [5.41, 5.74) is 0.350. The van der Waals surface area contributed by atoms with E-state index in [1.807, 2.05) is 46.2 Å². The summed E-state index contributed by atoms with van der Waals surface area (Å²) in [5, 5.41) is 0. The Balaban J connectivity index is 1.34. The summed E-state index contributed by atoms with van der Waals surface area (Å²) in [6.45, 7) is 7.36. The number of likely N-dealkylation sites (tertiary alicyclic amines) is 1. The molecule has 30 heavy (non-hydrogen) atoms. The van der Waals surface area contributed by atoms with Crippen molar-refractivity contribution in [3.05, 3.63) is 42.0 Å². The molecule has 3 fully saturated rings. The third-order valence-electron chi connectivity index (χ3n) is 7.10. The fraction of sp³-hybridized carbons (Fsp3) is 0.565. The van der Waals surface area contributed by atoms with Crippen LogP contribution in [0.3, 0.4) is 0 Å². The van der Waals surface area contributed by atoms with E-state index < -0.39 is 17.4 Å². The molecular weight excluding hydrogens is 382 g/mol. The number of methoxy groups -OCH3 is 1. The molecule has 5 rings (SSSR count). The van der Waals surface area contributed by atoms with Gasteiger partial charge in [-0.15, -0.1) is 0 Å². The predicted molar refractivity (Wildman–Crippen MR) is 111 cm³/mol. The maximum atomic E-state index is 13.4. The lowest BCUT2D eigenvalue weighted by atomic mass is 9.76. The van der Waals surface area contributed by atoms with Crippen LogP contribution in [0.5, 0.6) is 5.75 Å². The lowest BCUT2D eigenvalue weighted by Gasteiger charge is -2.37. The Bertz CT molecular complexity index is 879. The summed E-state index contributed by atoms with van der Waals surface area (Å²) in [7, 11) is 1.64. The Kier molecular flexibility index (Phi) is 4.82. The minimum Gasteiger partial charge on any atom is -0.497 e. The second kappa shape index (κ2) is 7.39. The molecule has 1 aromatic rings. The highest BCUT2D eigenvalue weighted by atomic mass is 16.5. The van der Waals surface area contributed by atoms with Crippen LogP contribution in [-0.4, -0.2) is 84.6 Å². The van der Waals surface area contributed by atoms with E-state index in [1.165, 1.54) is 0 Å². The van der Waals surface area contributed by atoms with Gasteiger partial charge in [-0.1, -0.05) is 31.2 Å². The first-order valence-electron chi connectivity index (χ1n) is 10.8. The van der Waals surface area contributed by atoms with Crippen molar-refractivity contribution in [2.45, 2.75) is 25.2 Å². The minimum absolute atomic E-state index is 0.0233. The van der Waals surface area contributed by atoms with Gasteiger partial charge < -0.3 is 24.2 Å². The van der Waals surface area contributed by atoms with Crippen LogP contribution >= 0.6 is 0 Å². The quantitative estimate of drug-likeness (QED) is 0.680. The van der Waals surface area contributed by atoms with E-state index in [2.05, 4.69) is 11.8 Å². The van der Waals surface area contributed by atoms with Gasteiger partial charge in [0.2, 0.25) is 11.8 Å². The van der Waals surface area contributed by atoms with E-state index in [9.17, 15) is 9.59 Å². The van der Waals surface area contributed by atoms with Crippen molar-refractivity contribution in [3.63, 3.8) is 0 Å². The van der Waals surface area contributed by atoms with Gasteiger partial charge in [-0.2, -0.15) is 0 Å². The molecular formula is C23H29N3O4. The van der Waals surface area contributed by atoms with Crippen molar-refractivity contribution in [2.75, 3.05) is 46.4 Å². The number of carbonyl (C=O) groups is 2. The highest BCUT2D eigenvalue weighted by molar-refractivity contribution is 5.93. The summed E-state index contributed by atoms with van der Waals surface area (Å²) >= 11 is 0.